The maximum Gasteiger partial charge on any atom is 0.323 e. The maximum atomic E-state index is 13.2. The molecule has 3 heterocycles. The van der Waals surface area contributed by atoms with Gasteiger partial charge in [-0.2, -0.15) is 0 Å². The molecule has 2 fully saturated rings. The average Bonchev–Trinajstić information content (AvgIpc) is 3.60. The molecule has 2 saturated heterocycles. The normalized spacial score (nSPS) is 22.6. The molecule has 50 heavy (non-hydrogen) atoms. The number of pyridine rings is 1. The summed E-state index contributed by atoms with van der Waals surface area (Å²) < 4.78 is 19.2. The summed E-state index contributed by atoms with van der Waals surface area (Å²) in [6.07, 6.45) is 3.76. The number of benzene rings is 3. The molecule has 0 saturated carbocycles. The Morgan fingerprint density at radius 2 is 1.70 bits per heavy atom. The molecule has 5 unspecified atom stereocenters. The number of aliphatic hydroxyl groups excluding tert-OH is 1. The SMILES string of the molecule is CC1C(CN2CCCC2C(=O)OC(C)(C)C)OC(c2ccc(-c3ccccc3CNC(=O)c3cccnc3)cc2)OC1c1ccc(CO)cc1. The van der Waals surface area contributed by atoms with Gasteiger partial charge in [-0.05, 0) is 80.1 Å². The van der Waals surface area contributed by atoms with Crippen LogP contribution in [0.3, 0.4) is 0 Å². The molecule has 9 heteroatoms. The van der Waals surface area contributed by atoms with Crippen LogP contribution in [0.5, 0.6) is 0 Å². The van der Waals surface area contributed by atoms with Crippen molar-refractivity contribution >= 4 is 11.9 Å². The van der Waals surface area contributed by atoms with Crippen molar-refractivity contribution in [1.29, 1.82) is 0 Å². The van der Waals surface area contributed by atoms with Gasteiger partial charge in [-0.3, -0.25) is 19.5 Å². The standard InChI is InChI=1S/C41H47N3O6/c1-27-36(25-44-22-8-12-35(44)39(47)50-41(2,3)4)48-40(49-37(27)30-15-13-28(26-45)14-16-30)31-19-17-29(18-20-31)34-11-6-5-9-32(34)24-43-38(46)33-10-7-21-42-23-33/h5-7,9-11,13-21,23,27,35-37,40,45H,8,12,22,24-26H2,1-4H3,(H,43,46). The van der Waals surface area contributed by atoms with Crippen LogP contribution in [0.25, 0.3) is 11.1 Å². The Hall–Kier alpha value is -4.41. The third kappa shape index (κ3) is 8.47. The van der Waals surface area contributed by atoms with Crippen molar-refractivity contribution < 1.29 is 28.9 Å². The molecular weight excluding hydrogens is 630 g/mol. The predicted molar refractivity (Wildman–Crippen MR) is 191 cm³/mol. The maximum absolute atomic E-state index is 13.2. The molecule has 262 valence electrons. The molecule has 0 aliphatic carbocycles. The minimum atomic E-state index is -0.635. The molecule has 6 rings (SSSR count). The first-order valence-electron chi connectivity index (χ1n) is 17.4. The molecule has 1 aromatic heterocycles. The first-order valence-corrected chi connectivity index (χ1v) is 17.4. The van der Waals surface area contributed by atoms with E-state index in [1.807, 2.05) is 75.4 Å². The molecule has 5 atom stereocenters. The van der Waals surface area contributed by atoms with Crippen molar-refractivity contribution in [3.8, 4) is 11.1 Å². The minimum absolute atomic E-state index is 0.0147. The summed E-state index contributed by atoms with van der Waals surface area (Å²) in [6.45, 7) is 9.56. The number of esters is 1. The molecule has 2 aliphatic rings. The van der Waals surface area contributed by atoms with Crippen LogP contribution in [-0.4, -0.2) is 57.7 Å². The number of nitrogens with one attached hydrogen (secondary N) is 1. The first-order chi connectivity index (χ1) is 24.1. The predicted octanol–water partition coefficient (Wildman–Crippen LogP) is 6.77. The molecule has 1 amide bonds. The summed E-state index contributed by atoms with van der Waals surface area (Å²) in [5, 5.41) is 12.6. The fourth-order valence-corrected chi connectivity index (χ4v) is 6.79. The highest BCUT2D eigenvalue weighted by molar-refractivity contribution is 5.93. The summed E-state index contributed by atoms with van der Waals surface area (Å²) in [5.41, 5.74) is 5.72. The second kappa shape index (κ2) is 15.6. The van der Waals surface area contributed by atoms with E-state index in [0.29, 0.717) is 18.7 Å². The fraction of sp³-hybridized carbons (Fsp3) is 0.390. The first kappa shape index (κ1) is 35.4. The summed E-state index contributed by atoms with van der Waals surface area (Å²) in [4.78, 5) is 32.1. The van der Waals surface area contributed by atoms with Crippen LogP contribution in [0, 0.1) is 5.92 Å². The van der Waals surface area contributed by atoms with Crippen molar-refractivity contribution in [2.24, 2.45) is 5.92 Å². The van der Waals surface area contributed by atoms with Crippen molar-refractivity contribution in [2.45, 2.75) is 83.8 Å². The second-order valence-electron chi connectivity index (χ2n) is 14.2. The van der Waals surface area contributed by atoms with Gasteiger partial charge in [0.25, 0.3) is 5.91 Å². The lowest BCUT2D eigenvalue weighted by Gasteiger charge is -2.43. The zero-order valence-electron chi connectivity index (χ0n) is 29.2. The number of aliphatic hydroxyl groups is 1. The molecular formula is C41H47N3O6. The van der Waals surface area contributed by atoms with Gasteiger partial charge in [-0.1, -0.05) is 79.7 Å². The Morgan fingerprint density at radius 3 is 2.40 bits per heavy atom. The molecule has 3 aromatic carbocycles. The lowest BCUT2D eigenvalue weighted by atomic mass is 9.89. The number of ether oxygens (including phenoxy) is 3. The Labute approximate surface area is 294 Å². The summed E-state index contributed by atoms with van der Waals surface area (Å²) in [7, 11) is 0. The van der Waals surface area contributed by atoms with Crippen LogP contribution < -0.4 is 5.32 Å². The number of rotatable bonds is 10. The van der Waals surface area contributed by atoms with E-state index >= 15 is 0 Å². The molecule has 2 aliphatic heterocycles. The molecule has 2 N–H and O–H groups in total. The van der Waals surface area contributed by atoms with Crippen LogP contribution in [0.4, 0.5) is 0 Å². The highest BCUT2D eigenvalue weighted by Gasteiger charge is 2.42. The van der Waals surface area contributed by atoms with E-state index < -0.39 is 11.9 Å². The Bertz CT molecular complexity index is 1740. The van der Waals surface area contributed by atoms with Gasteiger partial charge in [0.1, 0.15) is 11.6 Å². The van der Waals surface area contributed by atoms with E-state index in [-0.39, 0.29) is 42.7 Å². The number of carbonyl (C=O) groups is 2. The van der Waals surface area contributed by atoms with Crippen molar-refractivity contribution in [3.05, 3.63) is 125 Å². The molecule has 4 aromatic rings. The van der Waals surface area contributed by atoms with Gasteiger partial charge in [0.2, 0.25) is 0 Å². The highest BCUT2D eigenvalue weighted by atomic mass is 16.7. The monoisotopic (exact) mass is 677 g/mol. The number of hydrogen-bond acceptors (Lipinski definition) is 8. The topological polar surface area (TPSA) is 110 Å². The van der Waals surface area contributed by atoms with E-state index in [1.54, 1.807) is 24.5 Å². The van der Waals surface area contributed by atoms with Gasteiger partial charge in [-0.25, -0.2) is 0 Å². The number of amides is 1. The van der Waals surface area contributed by atoms with Crippen LogP contribution in [0.15, 0.2) is 97.3 Å². The van der Waals surface area contributed by atoms with E-state index in [4.69, 9.17) is 14.2 Å². The quantitative estimate of drug-likeness (QED) is 0.177. The van der Waals surface area contributed by atoms with Gasteiger partial charge in [0.15, 0.2) is 6.29 Å². The summed E-state index contributed by atoms with van der Waals surface area (Å²) in [5.74, 6) is -0.375. The minimum Gasteiger partial charge on any atom is -0.459 e. The number of likely N-dealkylation sites (tertiary alicyclic amines) is 1. The number of nitrogens with zero attached hydrogens (tertiary/aromatic N) is 2. The van der Waals surface area contributed by atoms with E-state index in [0.717, 1.165) is 52.8 Å². The van der Waals surface area contributed by atoms with Gasteiger partial charge in [0.05, 0.1) is 24.4 Å². The largest absolute Gasteiger partial charge is 0.459 e. The van der Waals surface area contributed by atoms with E-state index in [1.165, 1.54) is 0 Å². The number of hydrogen-bond donors (Lipinski definition) is 2. The van der Waals surface area contributed by atoms with Gasteiger partial charge >= 0.3 is 5.97 Å². The zero-order chi connectivity index (χ0) is 35.3. The third-order valence-corrected chi connectivity index (χ3v) is 9.45. The number of aromatic nitrogens is 1. The molecule has 0 radical (unpaired) electrons. The lowest BCUT2D eigenvalue weighted by molar-refractivity contribution is -0.276. The van der Waals surface area contributed by atoms with Crippen LogP contribution in [-0.2, 0) is 32.2 Å². The van der Waals surface area contributed by atoms with Crippen LogP contribution in [0.2, 0.25) is 0 Å². The Morgan fingerprint density at radius 1 is 0.960 bits per heavy atom. The van der Waals surface area contributed by atoms with Gasteiger partial charge in [-0.15, -0.1) is 0 Å². The van der Waals surface area contributed by atoms with Crippen molar-refractivity contribution in [1.82, 2.24) is 15.2 Å². The highest BCUT2D eigenvalue weighted by Crippen LogP contribution is 2.43. The van der Waals surface area contributed by atoms with Crippen LogP contribution in [0.1, 0.15) is 85.5 Å². The zero-order valence-corrected chi connectivity index (χ0v) is 29.2. The second-order valence-corrected chi connectivity index (χ2v) is 14.2. The molecule has 9 nitrogen and oxygen atoms in total. The molecule has 0 spiro atoms. The van der Waals surface area contributed by atoms with Gasteiger partial charge < -0.3 is 24.6 Å². The van der Waals surface area contributed by atoms with E-state index in [9.17, 15) is 14.7 Å². The average molecular weight is 678 g/mol. The van der Waals surface area contributed by atoms with Crippen molar-refractivity contribution in [3.63, 3.8) is 0 Å². The number of carbonyl (C=O) groups excluding carboxylic acids is 2. The Kier molecular flexibility index (Phi) is 11.1. The Balaban J connectivity index is 1.22. The lowest BCUT2D eigenvalue weighted by Crippen LogP contribution is -2.48. The van der Waals surface area contributed by atoms with Crippen molar-refractivity contribution in [2.75, 3.05) is 13.1 Å². The van der Waals surface area contributed by atoms with Crippen LogP contribution >= 0.6 is 0 Å². The third-order valence-electron chi connectivity index (χ3n) is 9.45. The van der Waals surface area contributed by atoms with Gasteiger partial charge in [0, 0.05) is 37.0 Å². The fourth-order valence-electron chi connectivity index (χ4n) is 6.79. The summed E-state index contributed by atoms with van der Waals surface area (Å²) >= 11 is 0. The summed E-state index contributed by atoms with van der Waals surface area (Å²) in [6, 6.07) is 27.3. The smallest absolute Gasteiger partial charge is 0.323 e. The van der Waals surface area contributed by atoms with E-state index in [2.05, 4.69) is 40.3 Å². The molecule has 0 bridgehead atoms.